The molecule has 0 fully saturated rings. The number of aliphatic carboxylic acids is 1. The average Bonchev–Trinajstić information content (AvgIpc) is 2.25. The molecule has 0 aromatic heterocycles. The molecule has 0 aliphatic heterocycles. The Kier molecular flexibility index (Phi) is 11.2. The van der Waals surface area contributed by atoms with Crippen LogP contribution in [0.3, 0.4) is 0 Å². The first-order valence-corrected chi connectivity index (χ1v) is 6.27. The molecule has 0 aliphatic rings. The largest absolute Gasteiger partial charge is 0.481 e. The lowest BCUT2D eigenvalue weighted by Crippen LogP contribution is -1.93. The molecule has 0 amide bonds. The van der Waals surface area contributed by atoms with Gasteiger partial charge in [-0.1, -0.05) is 50.0 Å². The summed E-state index contributed by atoms with van der Waals surface area (Å²) < 4.78 is 0. The molecule has 0 spiro atoms. The number of carboxylic acid groups (broad SMARTS) is 1. The summed E-state index contributed by atoms with van der Waals surface area (Å²) in [5.41, 5.74) is 0. The molecule has 0 bridgehead atoms. The first-order chi connectivity index (χ1) is 7.77. The molecule has 0 unspecified atom stereocenters. The van der Waals surface area contributed by atoms with Gasteiger partial charge in [0.15, 0.2) is 0 Å². The van der Waals surface area contributed by atoms with Gasteiger partial charge in [0.05, 0.1) is 0 Å². The first kappa shape index (κ1) is 14.9. The summed E-state index contributed by atoms with van der Waals surface area (Å²) in [6, 6.07) is 0. The third-order valence-corrected chi connectivity index (χ3v) is 2.45. The van der Waals surface area contributed by atoms with E-state index < -0.39 is 5.97 Å². The molecule has 2 nitrogen and oxygen atoms in total. The normalized spacial score (nSPS) is 11.6. The number of carbonyl (C=O) groups is 1. The van der Waals surface area contributed by atoms with Crippen molar-refractivity contribution in [2.45, 2.75) is 58.3 Å². The molecule has 2 heteroatoms. The van der Waals surface area contributed by atoms with Crippen LogP contribution in [-0.4, -0.2) is 11.1 Å². The Morgan fingerprint density at radius 2 is 1.62 bits per heavy atom. The van der Waals surface area contributed by atoms with Crippen LogP contribution >= 0.6 is 0 Å². The fourth-order valence-electron chi connectivity index (χ4n) is 1.53. The van der Waals surface area contributed by atoms with Crippen molar-refractivity contribution in [2.75, 3.05) is 0 Å². The molecular weight excluding hydrogens is 200 g/mol. The van der Waals surface area contributed by atoms with Crippen LogP contribution in [0.15, 0.2) is 24.3 Å². The van der Waals surface area contributed by atoms with Crippen LogP contribution in [0.2, 0.25) is 0 Å². The van der Waals surface area contributed by atoms with Crippen LogP contribution in [-0.2, 0) is 4.79 Å². The van der Waals surface area contributed by atoms with E-state index in [9.17, 15) is 4.79 Å². The lowest BCUT2D eigenvalue weighted by molar-refractivity contribution is -0.137. The summed E-state index contributed by atoms with van der Waals surface area (Å²) in [5, 5.41) is 8.44. The van der Waals surface area contributed by atoms with Gasteiger partial charge in [-0.25, -0.2) is 0 Å². The monoisotopic (exact) mass is 224 g/mol. The van der Waals surface area contributed by atoms with Crippen molar-refractivity contribution in [2.24, 2.45) is 0 Å². The van der Waals surface area contributed by atoms with Crippen LogP contribution < -0.4 is 0 Å². The highest BCUT2D eigenvalue weighted by Gasteiger charge is 1.95. The van der Waals surface area contributed by atoms with Gasteiger partial charge in [-0.15, -0.1) is 0 Å². The number of carboxylic acids is 1. The third kappa shape index (κ3) is 12.9. The average molecular weight is 224 g/mol. The maximum atomic E-state index is 10.2. The summed E-state index contributed by atoms with van der Waals surface area (Å²) in [6.07, 6.45) is 16.6. The topological polar surface area (TPSA) is 37.3 Å². The van der Waals surface area contributed by atoms with E-state index in [-0.39, 0.29) is 0 Å². The van der Waals surface area contributed by atoms with Gasteiger partial charge in [-0.05, 0) is 26.2 Å². The maximum Gasteiger partial charge on any atom is 0.303 e. The van der Waals surface area contributed by atoms with E-state index in [4.69, 9.17) is 5.11 Å². The second-order valence-electron chi connectivity index (χ2n) is 4.01. The summed E-state index contributed by atoms with van der Waals surface area (Å²) in [6.45, 7) is 2.02. The van der Waals surface area contributed by atoms with Crippen molar-refractivity contribution in [3.05, 3.63) is 24.3 Å². The summed E-state index contributed by atoms with van der Waals surface area (Å²) in [7, 11) is 0. The highest BCUT2D eigenvalue weighted by molar-refractivity contribution is 5.66. The van der Waals surface area contributed by atoms with Gasteiger partial charge in [0, 0.05) is 6.42 Å². The molecule has 0 aromatic carbocycles. The second kappa shape index (κ2) is 12.0. The predicted molar refractivity (Wildman–Crippen MR) is 68.5 cm³/mol. The molecule has 0 rings (SSSR count). The van der Waals surface area contributed by atoms with Gasteiger partial charge in [0.25, 0.3) is 0 Å². The minimum Gasteiger partial charge on any atom is -0.481 e. The minimum absolute atomic E-state index is 0.325. The van der Waals surface area contributed by atoms with E-state index in [1.807, 2.05) is 19.1 Å². The summed E-state index contributed by atoms with van der Waals surface area (Å²) >= 11 is 0. The molecule has 0 radical (unpaired) electrons. The number of hydrogen-bond donors (Lipinski definition) is 1. The van der Waals surface area contributed by atoms with Gasteiger partial charge < -0.3 is 5.11 Å². The SMILES string of the molecule is C/C=C/C=C\CCCCCCCCC(=O)O. The molecule has 16 heavy (non-hydrogen) atoms. The van der Waals surface area contributed by atoms with Crippen molar-refractivity contribution >= 4 is 5.97 Å². The summed E-state index contributed by atoms with van der Waals surface area (Å²) in [5.74, 6) is -0.672. The lowest BCUT2D eigenvalue weighted by Gasteiger charge is -1.98. The zero-order valence-electron chi connectivity index (χ0n) is 10.3. The number of unbranched alkanes of at least 4 members (excludes halogenated alkanes) is 6. The van der Waals surface area contributed by atoms with E-state index in [0.29, 0.717) is 6.42 Å². The Labute approximate surface area is 99.1 Å². The molecular formula is C14H24O2. The zero-order valence-corrected chi connectivity index (χ0v) is 10.3. The van der Waals surface area contributed by atoms with Crippen LogP contribution in [0, 0.1) is 0 Å². The van der Waals surface area contributed by atoms with Crippen molar-refractivity contribution in [1.82, 2.24) is 0 Å². The molecule has 0 aromatic rings. The predicted octanol–water partition coefficient (Wildman–Crippen LogP) is 4.32. The van der Waals surface area contributed by atoms with E-state index >= 15 is 0 Å². The van der Waals surface area contributed by atoms with Crippen molar-refractivity contribution < 1.29 is 9.90 Å². The minimum atomic E-state index is -0.672. The van der Waals surface area contributed by atoms with E-state index in [1.54, 1.807) is 0 Å². The zero-order chi connectivity index (χ0) is 12.1. The van der Waals surface area contributed by atoms with Crippen LogP contribution in [0.25, 0.3) is 0 Å². The van der Waals surface area contributed by atoms with E-state index in [0.717, 1.165) is 19.3 Å². The van der Waals surface area contributed by atoms with E-state index in [1.165, 1.54) is 25.7 Å². The van der Waals surface area contributed by atoms with Gasteiger partial charge in [-0.3, -0.25) is 4.79 Å². The molecule has 0 saturated heterocycles. The van der Waals surface area contributed by atoms with Gasteiger partial charge in [0.1, 0.15) is 0 Å². The molecule has 0 heterocycles. The molecule has 0 saturated carbocycles. The fourth-order valence-corrected chi connectivity index (χ4v) is 1.53. The molecule has 1 N–H and O–H groups in total. The smallest absolute Gasteiger partial charge is 0.303 e. The maximum absolute atomic E-state index is 10.2. The lowest BCUT2D eigenvalue weighted by atomic mass is 10.1. The van der Waals surface area contributed by atoms with Crippen LogP contribution in [0.4, 0.5) is 0 Å². The quantitative estimate of drug-likeness (QED) is 0.443. The standard InChI is InChI=1S/C14H24O2/c1-2-3-4-5-6-7-8-9-10-11-12-13-14(15)16/h2-5H,6-13H2,1H3,(H,15,16)/b3-2+,5-4-. The second-order valence-corrected chi connectivity index (χ2v) is 4.01. The number of allylic oxidation sites excluding steroid dienone is 4. The van der Waals surface area contributed by atoms with Crippen LogP contribution in [0.1, 0.15) is 58.3 Å². The van der Waals surface area contributed by atoms with Gasteiger partial charge in [-0.2, -0.15) is 0 Å². The Hall–Kier alpha value is -1.05. The van der Waals surface area contributed by atoms with Gasteiger partial charge in [0.2, 0.25) is 0 Å². The summed E-state index contributed by atoms with van der Waals surface area (Å²) in [4.78, 5) is 10.2. The molecule has 0 aliphatic carbocycles. The molecule has 92 valence electrons. The van der Waals surface area contributed by atoms with Crippen molar-refractivity contribution in [1.29, 1.82) is 0 Å². The Balaban J connectivity index is 3.07. The van der Waals surface area contributed by atoms with E-state index in [2.05, 4.69) is 12.2 Å². The Morgan fingerprint density at radius 1 is 1.00 bits per heavy atom. The highest BCUT2D eigenvalue weighted by Crippen LogP contribution is 2.08. The number of rotatable bonds is 10. The molecule has 0 atom stereocenters. The van der Waals surface area contributed by atoms with Crippen molar-refractivity contribution in [3.8, 4) is 0 Å². The van der Waals surface area contributed by atoms with Gasteiger partial charge >= 0.3 is 5.97 Å². The first-order valence-electron chi connectivity index (χ1n) is 6.27. The van der Waals surface area contributed by atoms with Crippen LogP contribution in [0.5, 0.6) is 0 Å². The Bertz CT molecular complexity index is 217. The fraction of sp³-hybridized carbons (Fsp3) is 0.643. The third-order valence-electron chi connectivity index (χ3n) is 2.45. The highest BCUT2D eigenvalue weighted by atomic mass is 16.4. The number of hydrogen-bond acceptors (Lipinski definition) is 1. The van der Waals surface area contributed by atoms with Crippen molar-refractivity contribution in [3.63, 3.8) is 0 Å². The Morgan fingerprint density at radius 3 is 2.25 bits per heavy atom.